The molecule has 0 fully saturated rings. The van der Waals surface area contributed by atoms with E-state index < -0.39 is 0 Å². The number of anilines is 1. The van der Waals surface area contributed by atoms with E-state index in [4.69, 9.17) is 4.74 Å². The number of carbonyl (C=O) groups is 1. The van der Waals surface area contributed by atoms with Crippen molar-refractivity contribution in [3.63, 3.8) is 0 Å². The molecule has 2 aromatic carbocycles. The molecule has 0 aliphatic rings. The fourth-order valence-corrected chi connectivity index (χ4v) is 2.70. The van der Waals surface area contributed by atoms with Crippen molar-refractivity contribution in [1.29, 1.82) is 0 Å². The molecule has 0 saturated carbocycles. The molecule has 0 aliphatic heterocycles. The molecule has 3 rings (SSSR count). The summed E-state index contributed by atoms with van der Waals surface area (Å²) in [5.74, 6) is 0.507. The Hall–Kier alpha value is -2.88. The van der Waals surface area contributed by atoms with Gasteiger partial charge in [-0.2, -0.15) is 0 Å². The highest BCUT2D eigenvalue weighted by atomic mass is 16.5. The molecule has 4 nitrogen and oxygen atoms in total. The first-order valence-electron chi connectivity index (χ1n) is 7.41. The summed E-state index contributed by atoms with van der Waals surface area (Å²) >= 11 is 0. The van der Waals surface area contributed by atoms with E-state index in [0.717, 1.165) is 22.2 Å². The lowest BCUT2D eigenvalue weighted by Gasteiger charge is -2.13. The Kier molecular flexibility index (Phi) is 3.98. The van der Waals surface area contributed by atoms with Gasteiger partial charge in [0, 0.05) is 22.8 Å². The fourth-order valence-electron chi connectivity index (χ4n) is 2.70. The molecule has 4 heteroatoms. The Balaban J connectivity index is 2.05. The third-order valence-corrected chi connectivity index (χ3v) is 3.92. The Labute approximate surface area is 135 Å². The molecule has 1 N–H and O–H groups in total. The summed E-state index contributed by atoms with van der Waals surface area (Å²) in [7, 11) is 1.60. The SMILES string of the molecule is COc1ccc(C(=O)Nc2c(C)cccc2C)c2cccnc12. The average molecular weight is 306 g/mol. The van der Waals surface area contributed by atoms with Crippen molar-refractivity contribution < 1.29 is 9.53 Å². The summed E-state index contributed by atoms with van der Waals surface area (Å²) in [6.07, 6.45) is 1.69. The molecule has 0 bridgehead atoms. The van der Waals surface area contributed by atoms with Gasteiger partial charge in [0.2, 0.25) is 0 Å². The maximum absolute atomic E-state index is 12.8. The standard InChI is InChI=1S/C19H18N2O2/c1-12-6-4-7-13(2)17(12)21-19(22)15-9-10-16(23-3)18-14(15)8-5-11-20-18/h4-11H,1-3H3,(H,21,22). The third kappa shape index (κ3) is 2.75. The quantitative estimate of drug-likeness (QED) is 0.792. The zero-order valence-electron chi connectivity index (χ0n) is 13.4. The first kappa shape index (κ1) is 15.0. The monoisotopic (exact) mass is 306 g/mol. The van der Waals surface area contributed by atoms with Gasteiger partial charge in [-0.1, -0.05) is 24.3 Å². The van der Waals surface area contributed by atoms with Crippen molar-refractivity contribution in [3.05, 3.63) is 65.4 Å². The maximum atomic E-state index is 12.8. The zero-order valence-corrected chi connectivity index (χ0v) is 13.4. The highest BCUT2D eigenvalue weighted by Gasteiger charge is 2.15. The number of ether oxygens (including phenoxy) is 1. The maximum Gasteiger partial charge on any atom is 0.256 e. The lowest BCUT2D eigenvalue weighted by atomic mass is 10.1. The number of hydrogen-bond acceptors (Lipinski definition) is 3. The van der Waals surface area contributed by atoms with Crippen LogP contribution in [0, 0.1) is 13.8 Å². The second kappa shape index (κ2) is 6.08. The van der Waals surface area contributed by atoms with Gasteiger partial charge in [0.1, 0.15) is 11.3 Å². The number of hydrogen-bond donors (Lipinski definition) is 1. The van der Waals surface area contributed by atoms with Crippen molar-refractivity contribution in [1.82, 2.24) is 4.98 Å². The first-order valence-corrected chi connectivity index (χ1v) is 7.41. The molecule has 23 heavy (non-hydrogen) atoms. The van der Waals surface area contributed by atoms with Gasteiger partial charge in [-0.05, 0) is 43.2 Å². The number of amides is 1. The normalized spacial score (nSPS) is 10.6. The first-order chi connectivity index (χ1) is 11.1. The number of benzene rings is 2. The van der Waals surface area contributed by atoms with E-state index in [1.165, 1.54) is 0 Å². The van der Waals surface area contributed by atoms with Gasteiger partial charge in [-0.15, -0.1) is 0 Å². The van der Waals surface area contributed by atoms with E-state index in [2.05, 4.69) is 10.3 Å². The van der Waals surface area contributed by atoms with Crippen molar-refractivity contribution >= 4 is 22.5 Å². The molecule has 1 heterocycles. The van der Waals surface area contributed by atoms with E-state index in [0.29, 0.717) is 16.8 Å². The summed E-state index contributed by atoms with van der Waals surface area (Å²) in [5, 5.41) is 3.79. The van der Waals surface area contributed by atoms with E-state index in [9.17, 15) is 4.79 Å². The summed E-state index contributed by atoms with van der Waals surface area (Å²) in [6, 6.07) is 13.2. The smallest absolute Gasteiger partial charge is 0.256 e. The predicted molar refractivity (Wildman–Crippen MR) is 92.2 cm³/mol. The molecule has 3 aromatic rings. The average Bonchev–Trinajstić information content (AvgIpc) is 2.57. The van der Waals surface area contributed by atoms with Gasteiger partial charge >= 0.3 is 0 Å². The molecule has 0 aliphatic carbocycles. The van der Waals surface area contributed by atoms with Crippen molar-refractivity contribution in [2.45, 2.75) is 13.8 Å². The number of nitrogens with zero attached hydrogens (tertiary/aromatic N) is 1. The third-order valence-electron chi connectivity index (χ3n) is 3.92. The van der Waals surface area contributed by atoms with Gasteiger partial charge in [0.05, 0.1) is 7.11 Å². The minimum atomic E-state index is -0.150. The second-order valence-electron chi connectivity index (χ2n) is 5.44. The predicted octanol–water partition coefficient (Wildman–Crippen LogP) is 4.11. The molecule has 0 radical (unpaired) electrons. The number of carbonyl (C=O) groups excluding carboxylic acids is 1. The molecule has 0 atom stereocenters. The van der Waals surface area contributed by atoms with Crippen LogP contribution in [-0.2, 0) is 0 Å². The number of aryl methyl sites for hydroxylation is 2. The lowest BCUT2D eigenvalue weighted by Crippen LogP contribution is -2.14. The minimum absolute atomic E-state index is 0.150. The van der Waals surface area contributed by atoms with Crippen LogP contribution in [0.5, 0.6) is 5.75 Å². The highest BCUT2D eigenvalue weighted by Crippen LogP contribution is 2.28. The van der Waals surface area contributed by atoms with Crippen molar-refractivity contribution in [2.24, 2.45) is 0 Å². The van der Waals surface area contributed by atoms with Gasteiger partial charge < -0.3 is 10.1 Å². The number of nitrogens with one attached hydrogen (secondary N) is 1. The molecule has 1 aromatic heterocycles. The largest absolute Gasteiger partial charge is 0.494 e. The zero-order chi connectivity index (χ0) is 16.4. The lowest BCUT2D eigenvalue weighted by molar-refractivity contribution is 0.102. The topological polar surface area (TPSA) is 51.2 Å². The van der Waals surface area contributed by atoms with E-state index in [1.807, 2.05) is 44.2 Å². The molecule has 0 unspecified atom stereocenters. The second-order valence-corrected chi connectivity index (χ2v) is 5.44. The summed E-state index contributed by atoms with van der Waals surface area (Å²) in [4.78, 5) is 17.1. The van der Waals surface area contributed by atoms with E-state index in [-0.39, 0.29) is 5.91 Å². The highest BCUT2D eigenvalue weighted by molar-refractivity contribution is 6.13. The number of para-hydroxylation sites is 1. The van der Waals surface area contributed by atoms with Gasteiger partial charge in [0.15, 0.2) is 0 Å². The van der Waals surface area contributed by atoms with Gasteiger partial charge in [-0.25, -0.2) is 0 Å². The van der Waals surface area contributed by atoms with Crippen LogP contribution in [0.2, 0.25) is 0 Å². The summed E-state index contributed by atoms with van der Waals surface area (Å²) < 4.78 is 5.32. The van der Waals surface area contributed by atoms with Crippen LogP contribution in [0.1, 0.15) is 21.5 Å². The molecule has 1 amide bonds. The van der Waals surface area contributed by atoms with Crippen molar-refractivity contribution in [2.75, 3.05) is 12.4 Å². The van der Waals surface area contributed by atoms with Gasteiger partial charge in [-0.3, -0.25) is 9.78 Å². The Morgan fingerprint density at radius 1 is 1.04 bits per heavy atom. The van der Waals surface area contributed by atoms with Crippen LogP contribution < -0.4 is 10.1 Å². The van der Waals surface area contributed by atoms with E-state index in [1.54, 1.807) is 25.4 Å². The van der Waals surface area contributed by atoms with Gasteiger partial charge in [0.25, 0.3) is 5.91 Å². The Bertz CT molecular complexity index is 867. The molecular formula is C19H18N2O2. The number of methoxy groups -OCH3 is 1. The van der Waals surface area contributed by atoms with Crippen molar-refractivity contribution in [3.8, 4) is 5.75 Å². The number of pyridine rings is 1. The minimum Gasteiger partial charge on any atom is -0.494 e. The molecule has 0 saturated heterocycles. The molecule has 116 valence electrons. The van der Waals surface area contributed by atoms with Crippen LogP contribution in [-0.4, -0.2) is 18.0 Å². The fraction of sp³-hybridized carbons (Fsp3) is 0.158. The number of fused-ring (bicyclic) bond motifs is 1. The Morgan fingerprint density at radius 3 is 2.48 bits per heavy atom. The summed E-state index contributed by atoms with van der Waals surface area (Å²) in [5.41, 5.74) is 4.19. The van der Waals surface area contributed by atoms with E-state index >= 15 is 0 Å². The Morgan fingerprint density at radius 2 is 1.78 bits per heavy atom. The van der Waals surface area contributed by atoms with Crippen LogP contribution in [0.25, 0.3) is 10.9 Å². The summed E-state index contributed by atoms with van der Waals surface area (Å²) in [6.45, 7) is 3.96. The molecular weight excluding hydrogens is 288 g/mol. The molecule has 0 spiro atoms. The van der Waals surface area contributed by atoms with Crippen LogP contribution in [0.4, 0.5) is 5.69 Å². The van der Waals surface area contributed by atoms with Crippen LogP contribution in [0.3, 0.4) is 0 Å². The number of aromatic nitrogens is 1. The van der Waals surface area contributed by atoms with Crippen LogP contribution in [0.15, 0.2) is 48.7 Å². The number of rotatable bonds is 3. The van der Waals surface area contributed by atoms with Crippen LogP contribution >= 0.6 is 0 Å².